The SMILES string of the molecule is CNC(=O)NC(=O)COC(=O)c1cn(-c2ccc(F)cc2)nc1-c1cccc(OC)c1. The van der Waals surface area contributed by atoms with Gasteiger partial charge in [0.1, 0.15) is 22.8 Å². The fourth-order valence-electron chi connectivity index (χ4n) is 2.67. The molecule has 0 bridgehead atoms. The number of hydrogen-bond acceptors (Lipinski definition) is 6. The Morgan fingerprint density at radius 2 is 1.87 bits per heavy atom. The van der Waals surface area contributed by atoms with E-state index in [4.69, 9.17) is 9.47 Å². The van der Waals surface area contributed by atoms with E-state index in [0.29, 0.717) is 17.0 Å². The molecule has 0 aliphatic carbocycles. The van der Waals surface area contributed by atoms with Crippen LogP contribution in [0.15, 0.2) is 54.7 Å². The zero-order valence-electron chi connectivity index (χ0n) is 16.7. The van der Waals surface area contributed by atoms with Gasteiger partial charge >= 0.3 is 12.0 Å². The molecule has 0 aliphatic heterocycles. The van der Waals surface area contributed by atoms with Crippen molar-refractivity contribution in [1.82, 2.24) is 20.4 Å². The standard InChI is InChI=1S/C21H19FN4O5/c1-23-21(29)24-18(27)12-31-20(28)17-11-26(15-8-6-14(22)7-9-15)25-19(17)13-4-3-5-16(10-13)30-2/h3-11H,12H2,1-2H3,(H2,23,24,27,29). The van der Waals surface area contributed by atoms with Crippen molar-refractivity contribution >= 4 is 17.9 Å². The fourth-order valence-corrected chi connectivity index (χ4v) is 2.67. The molecule has 2 aromatic carbocycles. The lowest BCUT2D eigenvalue weighted by Crippen LogP contribution is -2.39. The van der Waals surface area contributed by atoms with E-state index in [9.17, 15) is 18.8 Å². The molecule has 0 spiro atoms. The van der Waals surface area contributed by atoms with Gasteiger partial charge in [-0.05, 0) is 36.4 Å². The maximum Gasteiger partial charge on any atom is 0.342 e. The Morgan fingerprint density at radius 1 is 1.13 bits per heavy atom. The number of carbonyl (C=O) groups excluding carboxylic acids is 3. The zero-order chi connectivity index (χ0) is 22.4. The van der Waals surface area contributed by atoms with Crippen LogP contribution in [-0.4, -0.2) is 48.5 Å². The number of esters is 1. The first-order valence-electron chi connectivity index (χ1n) is 9.10. The number of ether oxygens (including phenoxy) is 2. The van der Waals surface area contributed by atoms with Gasteiger partial charge < -0.3 is 14.8 Å². The highest BCUT2D eigenvalue weighted by Crippen LogP contribution is 2.27. The molecule has 3 aromatic rings. The van der Waals surface area contributed by atoms with Crippen molar-refractivity contribution in [3.05, 3.63) is 66.1 Å². The lowest BCUT2D eigenvalue weighted by Gasteiger charge is -2.06. The predicted octanol–water partition coefficient (Wildman–Crippen LogP) is 2.30. The Balaban J connectivity index is 1.93. The second-order valence-corrected chi connectivity index (χ2v) is 6.25. The van der Waals surface area contributed by atoms with Crippen molar-refractivity contribution in [2.45, 2.75) is 0 Å². The first-order chi connectivity index (χ1) is 14.9. The Hall–Kier alpha value is -4.21. The molecule has 2 N–H and O–H groups in total. The van der Waals surface area contributed by atoms with Gasteiger partial charge in [-0.3, -0.25) is 10.1 Å². The molecule has 3 amide bonds. The second kappa shape index (κ2) is 9.53. The monoisotopic (exact) mass is 426 g/mol. The minimum absolute atomic E-state index is 0.0744. The van der Waals surface area contributed by atoms with E-state index in [1.807, 2.05) is 5.32 Å². The summed E-state index contributed by atoms with van der Waals surface area (Å²) in [5, 5.41) is 8.65. The Morgan fingerprint density at radius 3 is 2.55 bits per heavy atom. The second-order valence-electron chi connectivity index (χ2n) is 6.25. The Kier molecular flexibility index (Phi) is 6.61. The van der Waals surface area contributed by atoms with Crippen LogP contribution < -0.4 is 15.4 Å². The summed E-state index contributed by atoms with van der Waals surface area (Å²) in [5.41, 5.74) is 1.44. The molecule has 0 radical (unpaired) electrons. The number of rotatable bonds is 6. The lowest BCUT2D eigenvalue weighted by molar-refractivity contribution is -0.123. The van der Waals surface area contributed by atoms with Gasteiger partial charge in [-0.1, -0.05) is 12.1 Å². The van der Waals surface area contributed by atoms with E-state index >= 15 is 0 Å². The largest absolute Gasteiger partial charge is 0.497 e. The minimum Gasteiger partial charge on any atom is -0.497 e. The van der Waals surface area contributed by atoms with Gasteiger partial charge in [0.05, 0.1) is 12.8 Å². The number of nitrogens with one attached hydrogen (secondary N) is 2. The van der Waals surface area contributed by atoms with Gasteiger partial charge in [0.2, 0.25) is 0 Å². The number of carbonyl (C=O) groups is 3. The number of urea groups is 1. The molecule has 160 valence electrons. The third kappa shape index (κ3) is 5.24. The van der Waals surface area contributed by atoms with Crippen molar-refractivity contribution in [3.8, 4) is 22.7 Å². The molecule has 0 fully saturated rings. The molecule has 0 atom stereocenters. The number of nitrogens with zero attached hydrogens (tertiary/aromatic N) is 2. The number of benzene rings is 2. The molecule has 0 saturated carbocycles. The summed E-state index contributed by atoms with van der Waals surface area (Å²) in [6.45, 7) is -0.661. The molecule has 10 heteroatoms. The third-order valence-electron chi connectivity index (χ3n) is 4.18. The number of amides is 3. The van der Waals surface area contributed by atoms with E-state index in [0.717, 1.165) is 0 Å². The summed E-state index contributed by atoms with van der Waals surface area (Å²) < 4.78 is 24.9. The lowest BCUT2D eigenvalue weighted by atomic mass is 10.1. The van der Waals surface area contributed by atoms with Crippen LogP contribution >= 0.6 is 0 Å². The van der Waals surface area contributed by atoms with Crippen LogP contribution in [0.2, 0.25) is 0 Å². The number of halogens is 1. The zero-order valence-corrected chi connectivity index (χ0v) is 16.7. The van der Waals surface area contributed by atoms with Gasteiger partial charge in [-0.2, -0.15) is 5.10 Å². The van der Waals surface area contributed by atoms with Crippen LogP contribution in [0.5, 0.6) is 5.75 Å². The van der Waals surface area contributed by atoms with Crippen molar-refractivity contribution in [2.24, 2.45) is 0 Å². The van der Waals surface area contributed by atoms with E-state index in [2.05, 4.69) is 10.4 Å². The predicted molar refractivity (Wildman–Crippen MR) is 108 cm³/mol. The molecule has 9 nitrogen and oxygen atoms in total. The van der Waals surface area contributed by atoms with Crippen LogP contribution in [0, 0.1) is 5.82 Å². The molecular formula is C21H19FN4O5. The number of hydrogen-bond donors (Lipinski definition) is 2. The maximum atomic E-state index is 13.3. The smallest absolute Gasteiger partial charge is 0.342 e. The number of methoxy groups -OCH3 is 1. The molecule has 0 saturated heterocycles. The van der Waals surface area contributed by atoms with Crippen molar-refractivity contribution in [2.75, 3.05) is 20.8 Å². The summed E-state index contributed by atoms with van der Waals surface area (Å²) in [5.74, 6) is -1.47. The quantitative estimate of drug-likeness (QED) is 0.585. The molecule has 1 heterocycles. The summed E-state index contributed by atoms with van der Waals surface area (Å²) in [7, 11) is 2.86. The molecule has 0 unspecified atom stereocenters. The first kappa shape index (κ1) is 21.5. The topological polar surface area (TPSA) is 112 Å². The summed E-state index contributed by atoms with van der Waals surface area (Å²) in [4.78, 5) is 35.6. The van der Waals surface area contributed by atoms with E-state index in [-0.39, 0.29) is 11.3 Å². The average Bonchev–Trinajstić information content (AvgIpc) is 3.23. The van der Waals surface area contributed by atoms with Crippen LogP contribution in [0.3, 0.4) is 0 Å². The number of imide groups is 1. The highest BCUT2D eigenvalue weighted by atomic mass is 19.1. The normalized spacial score (nSPS) is 10.3. The van der Waals surface area contributed by atoms with Crippen LogP contribution in [0.1, 0.15) is 10.4 Å². The van der Waals surface area contributed by atoms with Gasteiger partial charge in [0, 0.05) is 18.8 Å². The Bertz CT molecular complexity index is 1110. The third-order valence-corrected chi connectivity index (χ3v) is 4.18. The van der Waals surface area contributed by atoms with Crippen LogP contribution in [0.4, 0.5) is 9.18 Å². The fraction of sp³-hybridized carbons (Fsp3) is 0.143. The van der Waals surface area contributed by atoms with Gasteiger partial charge in [0.25, 0.3) is 5.91 Å². The van der Waals surface area contributed by atoms with Crippen molar-refractivity contribution in [1.29, 1.82) is 0 Å². The molecular weight excluding hydrogens is 407 g/mol. The summed E-state index contributed by atoms with van der Waals surface area (Å²) in [6, 6.07) is 11.7. The van der Waals surface area contributed by atoms with Crippen molar-refractivity contribution in [3.63, 3.8) is 0 Å². The average molecular weight is 426 g/mol. The van der Waals surface area contributed by atoms with Crippen molar-refractivity contribution < 1.29 is 28.2 Å². The van der Waals surface area contributed by atoms with Crippen LogP contribution in [0.25, 0.3) is 16.9 Å². The molecule has 0 aliphatic rings. The number of aromatic nitrogens is 2. The van der Waals surface area contributed by atoms with Gasteiger partial charge in [-0.15, -0.1) is 0 Å². The molecule has 1 aromatic heterocycles. The van der Waals surface area contributed by atoms with Gasteiger partial charge in [0.15, 0.2) is 6.61 Å². The first-order valence-corrected chi connectivity index (χ1v) is 9.10. The van der Waals surface area contributed by atoms with Gasteiger partial charge in [-0.25, -0.2) is 18.7 Å². The Labute approximate surface area is 176 Å². The van der Waals surface area contributed by atoms with E-state index in [1.54, 1.807) is 24.3 Å². The highest BCUT2D eigenvalue weighted by Gasteiger charge is 2.21. The highest BCUT2D eigenvalue weighted by molar-refractivity contribution is 5.99. The van der Waals surface area contributed by atoms with Crippen LogP contribution in [-0.2, 0) is 9.53 Å². The summed E-state index contributed by atoms with van der Waals surface area (Å²) >= 11 is 0. The van der Waals surface area contributed by atoms with E-state index < -0.39 is 30.3 Å². The summed E-state index contributed by atoms with van der Waals surface area (Å²) in [6.07, 6.45) is 1.42. The maximum absolute atomic E-state index is 13.3. The van der Waals surface area contributed by atoms with E-state index in [1.165, 1.54) is 49.3 Å². The molecule has 3 rings (SSSR count). The molecule has 31 heavy (non-hydrogen) atoms. The minimum atomic E-state index is -0.821.